The van der Waals surface area contributed by atoms with Crippen LogP contribution in [0.1, 0.15) is 47.6 Å². The van der Waals surface area contributed by atoms with Crippen molar-refractivity contribution in [2.24, 2.45) is 0 Å². The first-order valence-electron chi connectivity index (χ1n) is 9.50. The molecule has 166 valence electrons. The van der Waals surface area contributed by atoms with Crippen LogP contribution in [0.4, 0.5) is 14.5 Å². The number of rotatable bonds is 8. The highest BCUT2D eigenvalue weighted by molar-refractivity contribution is 7.90. The lowest BCUT2D eigenvalue weighted by molar-refractivity contribution is 0.101. The van der Waals surface area contributed by atoms with Gasteiger partial charge in [-0.2, -0.15) is 5.10 Å². The Morgan fingerprint density at radius 3 is 2.68 bits per heavy atom. The van der Waals surface area contributed by atoms with Crippen LogP contribution < -0.4 is 5.32 Å². The summed E-state index contributed by atoms with van der Waals surface area (Å²) < 4.78 is 50.1. The number of fused-ring (bicyclic) bond motifs is 1. The number of aromatic nitrogens is 3. The molecule has 0 aliphatic rings. The van der Waals surface area contributed by atoms with Crippen molar-refractivity contribution in [3.05, 3.63) is 53.5 Å². The van der Waals surface area contributed by atoms with Gasteiger partial charge in [0.2, 0.25) is 0 Å². The smallest absolute Gasteiger partial charge is 0.280 e. The first kappa shape index (κ1) is 22.8. The van der Waals surface area contributed by atoms with Crippen LogP contribution in [0.25, 0.3) is 10.9 Å². The third-order valence-corrected chi connectivity index (χ3v) is 5.56. The lowest BCUT2D eigenvalue weighted by Crippen LogP contribution is -2.16. The van der Waals surface area contributed by atoms with E-state index in [2.05, 4.69) is 15.4 Å². The topological polar surface area (TPSA) is 114 Å². The summed E-state index contributed by atoms with van der Waals surface area (Å²) in [5, 5.41) is 18.0. The fourth-order valence-electron chi connectivity index (χ4n) is 3.00. The predicted molar refractivity (Wildman–Crippen MR) is 112 cm³/mol. The Morgan fingerprint density at radius 1 is 1.29 bits per heavy atom. The molecule has 1 atom stereocenters. The molecule has 1 aromatic carbocycles. The van der Waals surface area contributed by atoms with Gasteiger partial charge in [-0.25, -0.2) is 22.2 Å². The monoisotopic (exact) mass is 452 g/mol. The third-order valence-electron chi connectivity index (χ3n) is 4.64. The van der Waals surface area contributed by atoms with Crippen LogP contribution in [-0.4, -0.2) is 46.2 Å². The van der Waals surface area contributed by atoms with E-state index in [1.807, 2.05) is 0 Å². The molecular formula is C20H22F2N4O4S. The number of benzene rings is 1. The lowest BCUT2D eigenvalue weighted by Gasteiger charge is -2.15. The summed E-state index contributed by atoms with van der Waals surface area (Å²) in [4.78, 5) is 16.3. The van der Waals surface area contributed by atoms with E-state index in [0.717, 1.165) is 12.3 Å². The molecule has 8 nitrogen and oxygen atoms in total. The van der Waals surface area contributed by atoms with Crippen LogP contribution in [0.15, 0.2) is 36.5 Å². The van der Waals surface area contributed by atoms with Crippen molar-refractivity contribution in [2.75, 3.05) is 17.3 Å². The number of nitrogens with one attached hydrogen (secondary N) is 1. The minimum Gasteiger partial charge on any atom is -0.388 e. The molecule has 2 heterocycles. The van der Waals surface area contributed by atoms with Gasteiger partial charge in [-0.1, -0.05) is 13.0 Å². The molecule has 1 unspecified atom stereocenters. The average molecular weight is 452 g/mol. The Balaban J connectivity index is 1.95. The fourth-order valence-corrected chi connectivity index (χ4v) is 3.52. The third kappa shape index (κ3) is 5.61. The highest BCUT2D eigenvalue weighted by Gasteiger charge is 2.19. The molecule has 0 saturated carbocycles. The van der Waals surface area contributed by atoms with Gasteiger partial charge in [-0.05, 0) is 30.7 Å². The van der Waals surface area contributed by atoms with Crippen molar-refractivity contribution in [1.29, 1.82) is 0 Å². The fraction of sp³-hybridized carbons (Fsp3) is 0.350. The first-order valence-corrected chi connectivity index (χ1v) is 11.6. The van der Waals surface area contributed by atoms with Crippen LogP contribution >= 0.6 is 0 Å². The van der Waals surface area contributed by atoms with E-state index in [9.17, 15) is 27.1 Å². The van der Waals surface area contributed by atoms with Gasteiger partial charge >= 0.3 is 0 Å². The molecule has 0 aliphatic heterocycles. The maximum absolute atomic E-state index is 12.9. The number of carbonyl (C=O) groups excluding carboxylic acids is 1. The molecule has 3 aromatic rings. The van der Waals surface area contributed by atoms with E-state index >= 15 is 0 Å². The Bertz CT molecular complexity index is 1210. The Hall–Kier alpha value is -2.92. The first-order chi connectivity index (χ1) is 14.6. The number of aryl methyl sites for hydroxylation is 1. The van der Waals surface area contributed by atoms with Gasteiger partial charge in [0.25, 0.3) is 12.3 Å². The van der Waals surface area contributed by atoms with Gasteiger partial charge in [0.15, 0.2) is 0 Å². The summed E-state index contributed by atoms with van der Waals surface area (Å²) in [6, 6.07) is 6.98. The molecule has 0 saturated heterocycles. The highest BCUT2D eigenvalue weighted by Crippen LogP contribution is 2.30. The van der Waals surface area contributed by atoms with Crippen LogP contribution in [0.2, 0.25) is 0 Å². The second-order valence-corrected chi connectivity index (χ2v) is 9.41. The summed E-state index contributed by atoms with van der Waals surface area (Å²) in [6.07, 6.45) is -0.576. The zero-order valence-electron chi connectivity index (χ0n) is 16.9. The molecular weight excluding hydrogens is 430 g/mol. The molecule has 0 spiro atoms. The van der Waals surface area contributed by atoms with Gasteiger partial charge in [-0.15, -0.1) is 0 Å². The molecule has 0 fully saturated rings. The zero-order chi connectivity index (χ0) is 22.8. The number of pyridine rings is 1. The van der Waals surface area contributed by atoms with Gasteiger partial charge in [0, 0.05) is 29.1 Å². The Kier molecular flexibility index (Phi) is 6.65. The summed E-state index contributed by atoms with van der Waals surface area (Å²) in [5.41, 5.74) is 0.523. The quantitative estimate of drug-likeness (QED) is 0.543. The molecule has 0 bridgehead atoms. The maximum Gasteiger partial charge on any atom is 0.280 e. The van der Waals surface area contributed by atoms with Gasteiger partial charge in [-0.3, -0.25) is 9.48 Å². The van der Waals surface area contributed by atoms with E-state index in [1.54, 1.807) is 25.3 Å². The Labute approximate surface area is 177 Å². The maximum atomic E-state index is 12.9. The zero-order valence-corrected chi connectivity index (χ0v) is 17.7. The summed E-state index contributed by atoms with van der Waals surface area (Å²) in [5.74, 6) is -0.780. The lowest BCUT2D eigenvalue weighted by atomic mass is 10.0. The van der Waals surface area contributed by atoms with Gasteiger partial charge in [0.05, 0.1) is 23.9 Å². The second-order valence-electron chi connectivity index (χ2n) is 7.15. The number of alkyl halides is 2. The molecule has 2 aromatic heterocycles. The van der Waals surface area contributed by atoms with E-state index in [4.69, 9.17) is 0 Å². The SMILES string of the molecule is CCC(O)c1cc2nn(CCS(C)(=O)=O)cc2cc1NC(=O)c1cccc(C(F)F)n1. The predicted octanol–water partition coefficient (Wildman–Crippen LogP) is 3.11. The summed E-state index contributed by atoms with van der Waals surface area (Å²) in [6.45, 7) is 1.92. The number of hydrogen-bond donors (Lipinski definition) is 2. The van der Waals surface area contributed by atoms with Crippen LogP contribution in [0, 0.1) is 0 Å². The molecule has 2 N–H and O–H groups in total. The summed E-state index contributed by atoms with van der Waals surface area (Å²) in [7, 11) is -3.17. The van der Waals surface area contributed by atoms with Crippen molar-refractivity contribution in [2.45, 2.75) is 32.4 Å². The number of nitrogens with zero attached hydrogens (tertiary/aromatic N) is 3. The average Bonchev–Trinajstić information content (AvgIpc) is 3.12. The second kappa shape index (κ2) is 9.06. The molecule has 0 aliphatic carbocycles. The number of amides is 1. The largest absolute Gasteiger partial charge is 0.388 e. The van der Waals surface area contributed by atoms with Crippen LogP contribution in [0.3, 0.4) is 0 Å². The van der Waals surface area contributed by atoms with E-state index in [0.29, 0.717) is 28.6 Å². The molecule has 31 heavy (non-hydrogen) atoms. The number of sulfone groups is 1. The molecule has 11 heteroatoms. The highest BCUT2D eigenvalue weighted by atomic mass is 32.2. The van der Waals surface area contributed by atoms with Crippen molar-refractivity contribution in [1.82, 2.24) is 14.8 Å². The number of carbonyl (C=O) groups is 1. The van der Waals surface area contributed by atoms with E-state index in [-0.39, 0.29) is 18.0 Å². The minimum absolute atomic E-state index is 0.0822. The van der Waals surface area contributed by atoms with Crippen LogP contribution in [-0.2, 0) is 16.4 Å². The summed E-state index contributed by atoms with van der Waals surface area (Å²) >= 11 is 0. The van der Waals surface area contributed by atoms with Crippen molar-refractivity contribution in [3.8, 4) is 0 Å². The van der Waals surface area contributed by atoms with Crippen molar-refractivity contribution >= 4 is 32.3 Å². The van der Waals surface area contributed by atoms with E-state index < -0.39 is 34.0 Å². The minimum atomic E-state index is -3.17. The van der Waals surface area contributed by atoms with Gasteiger partial charge in [0.1, 0.15) is 21.2 Å². The Morgan fingerprint density at radius 2 is 2.03 bits per heavy atom. The molecule has 3 rings (SSSR count). The number of aliphatic hydroxyl groups is 1. The normalized spacial score (nSPS) is 13.0. The van der Waals surface area contributed by atoms with Gasteiger partial charge < -0.3 is 10.4 Å². The number of halogens is 2. The van der Waals surface area contributed by atoms with E-state index in [1.165, 1.54) is 16.8 Å². The number of hydrogen-bond acceptors (Lipinski definition) is 6. The standard InChI is InChI=1S/C20H22F2N4O4S/c1-3-18(27)13-10-16-12(11-26(25-16)7-8-31(2,29)30)9-17(13)24-20(28)15-6-4-5-14(23-15)19(21)22/h4-6,9-11,18-19,27H,3,7-8H2,1-2H3,(H,24,28). The number of aliphatic hydroxyl groups excluding tert-OH is 1. The number of anilines is 1. The van der Waals surface area contributed by atoms with Crippen molar-refractivity contribution < 1.29 is 27.1 Å². The van der Waals surface area contributed by atoms with Crippen LogP contribution in [0.5, 0.6) is 0 Å². The molecule has 1 amide bonds. The van der Waals surface area contributed by atoms with Crippen molar-refractivity contribution in [3.63, 3.8) is 0 Å². The molecule has 0 radical (unpaired) electrons.